The van der Waals surface area contributed by atoms with Crippen molar-refractivity contribution < 1.29 is 4.42 Å². The topological polar surface area (TPSA) is 54.8 Å². The van der Waals surface area contributed by atoms with E-state index in [9.17, 15) is 0 Å². The summed E-state index contributed by atoms with van der Waals surface area (Å²) in [6.45, 7) is 0. The number of hydrogen-bond acceptors (Lipinski definition) is 6. The van der Waals surface area contributed by atoms with Crippen molar-refractivity contribution >= 4 is 129 Å². The number of amidine groups is 2. The van der Waals surface area contributed by atoms with Crippen LogP contribution < -0.4 is 5.32 Å². The summed E-state index contributed by atoms with van der Waals surface area (Å²) in [6.07, 6.45) is -0.410. The minimum absolute atomic E-state index is 0.410. The first-order valence-corrected chi connectivity index (χ1v) is 22.5. The SMILES string of the molecule is c1ccc2cc3c(cc2c1)c1ccccc1n3-c1cc(C2=NC(c3ccc4sc5ccccc5c4c3)=NC(c3ccc4sc5ccccc5c4c3)N2)c2c(c1)oc1ccccc12. The zero-order valence-corrected chi connectivity index (χ0v) is 34.6. The van der Waals surface area contributed by atoms with Gasteiger partial charge in [0, 0.05) is 79.1 Å². The molecule has 13 aromatic rings. The van der Waals surface area contributed by atoms with E-state index in [-0.39, 0.29) is 0 Å². The third-order valence-corrected chi connectivity index (χ3v) is 14.9. The predicted octanol–water partition coefficient (Wildman–Crippen LogP) is 15.1. The number of para-hydroxylation sites is 2. The first-order chi connectivity index (χ1) is 30.7. The van der Waals surface area contributed by atoms with Gasteiger partial charge in [-0.2, -0.15) is 0 Å². The highest BCUT2D eigenvalue weighted by Gasteiger charge is 2.27. The highest BCUT2D eigenvalue weighted by Crippen LogP contribution is 2.41. The van der Waals surface area contributed by atoms with Gasteiger partial charge in [-0.15, -0.1) is 22.7 Å². The zero-order valence-electron chi connectivity index (χ0n) is 33.0. The standard InChI is InChI=1S/C55H32N4OS2/c1-2-12-32-28-45-40(25-31(32)11-1)36-13-3-7-17-44(36)59(45)35-29-43(52-39-16-4-8-18-46(39)60-47(52)30-35)55-57-53(33-21-23-50-41(26-33)37-14-5-9-19-48(37)61-50)56-54(58-55)34-22-24-51-42(27-34)38-15-6-10-20-49(38)62-51/h1-30,53H,(H,56,57,58). The van der Waals surface area contributed by atoms with Gasteiger partial charge in [0.25, 0.3) is 0 Å². The summed E-state index contributed by atoms with van der Waals surface area (Å²) < 4.78 is 14.2. The maximum Gasteiger partial charge on any atom is 0.159 e. The smallest absolute Gasteiger partial charge is 0.159 e. The van der Waals surface area contributed by atoms with Crippen LogP contribution in [0.1, 0.15) is 22.9 Å². The van der Waals surface area contributed by atoms with E-state index in [0.717, 1.165) is 61.2 Å². The number of rotatable bonds is 4. The largest absolute Gasteiger partial charge is 0.456 e. The highest BCUT2D eigenvalue weighted by molar-refractivity contribution is 7.26. The summed E-state index contributed by atoms with van der Waals surface area (Å²) >= 11 is 3.65. The molecule has 0 amide bonds. The molecular weight excluding hydrogens is 797 g/mol. The Hall–Kier alpha value is -7.58. The van der Waals surface area contributed by atoms with Crippen LogP contribution in [0.3, 0.4) is 0 Å². The fourth-order valence-electron chi connectivity index (χ4n) is 9.75. The Morgan fingerprint density at radius 3 is 1.94 bits per heavy atom. The van der Waals surface area contributed by atoms with Crippen LogP contribution in [0.2, 0.25) is 0 Å². The second-order valence-corrected chi connectivity index (χ2v) is 18.3. The lowest BCUT2D eigenvalue weighted by Gasteiger charge is -2.24. The summed E-state index contributed by atoms with van der Waals surface area (Å²) in [5.41, 5.74) is 7.90. The van der Waals surface area contributed by atoms with E-state index >= 15 is 0 Å². The van der Waals surface area contributed by atoms with Gasteiger partial charge in [0.2, 0.25) is 0 Å². The normalized spacial score (nSPS) is 14.6. The molecule has 7 heteroatoms. The van der Waals surface area contributed by atoms with Crippen LogP contribution in [0.4, 0.5) is 0 Å². The molecule has 14 rings (SSSR count). The molecule has 62 heavy (non-hydrogen) atoms. The van der Waals surface area contributed by atoms with Crippen molar-refractivity contribution in [2.45, 2.75) is 6.17 Å². The molecule has 5 nitrogen and oxygen atoms in total. The van der Waals surface area contributed by atoms with Crippen LogP contribution in [0.5, 0.6) is 0 Å². The Morgan fingerprint density at radius 2 is 1.13 bits per heavy atom. The molecule has 1 aliphatic rings. The number of aliphatic imine (C=N–C) groups is 2. The van der Waals surface area contributed by atoms with Gasteiger partial charge in [-0.1, -0.05) is 103 Å². The Labute approximate surface area is 362 Å². The minimum atomic E-state index is -0.410. The van der Waals surface area contributed by atoms with Crippen LogP contribution >= 0.6 is 22.7 Å². The van der Waals surface area contributed by atoms with Gasteiger partial charge < -0.3 is 14.3 Å². The van der Waals surface area contributed by atoms with Crippen LogP contribution in [-0.4, -0.2) is 16.2 Å². The molecule has 5 heterocycles. The molecule has 0 saturated carbocycles. The van der Waals surface area contributed by atoms with E-state index in [2.05, 4.69) is 186 Å². The lowest BCUT2D eigenvalue weighted by molar-refractivity contribution is 0.667. The lowest BCUT2D eigenvalue weighted by Crippen LogP contribution is -2.33. The third kappa shape index (κ3) is 5.07. The van der Waals surface area contributed by atoms with Gasteiger partial charge in [-0.25, -0.2) is 9.98 Å². The first-order valence-electron chi connectivity index (χ1n) is 20.8. The third-order valence-electron chi connectivity index (χ3n) is 12.6. The molecule has 0 bridgehead atoms. The molecular formula is C55H32N4OS2. The van der Waals surface area contributed by atoms with Gasteiger partial charge in [-0.3, -0.25) is 0 Å². The summed E-state index contributed by atoms with van der Waals surface area (Å²) in [5, 5.41) is 15.7. The molecule has 0 aliphatic carbocycles. The molecule has 1 N–H and O–H groups in total. The van der Waals surface area contributed by atoms with Crippen molar-refractivity contribution in [3.63, 3.8) is 0 Å². The number of furan rings is 1. The Bertz CT molecular complexity index is 4110. The average molecular weight is 829 g/mol. The van der Waals surface area contributed by atoms with Crippen LogP contribution in [0.25, 0.3) is 101 Å². The average Bonchev–Trinajstić information content (AvgIpc) is 4.08. The monoisotopic (exact) mass is 828 g/mol. The Morgan fingerprint density at radius 1 is 0.484 bits per heavy atom. The number of hydrogen-bond donors (Lipinski definition) is 1. The number of fused-ring (bicyclic) bond motifs is 13. The van der Waals surface area contributed by atoms with E-state index in [1.54, 1.807) is 0 Å². The predicted molar refractivity (Wildman–Crippen MR) is 263 cm³/mol. The summed E-state index contributed by atoms with van der Waals surface area (Å²) in [5.74, 6) is 1.43. The number of nitrogens with one attached hydrogen (secondary N) is 1. The van der Waals surface area contributed by atoms with Crippen molar-refractivity contribution in [2.75, 3.05) is 0 Å². The van der Waals surface area contributed by atoms with Crippen molar-refractivity contribution in [1.82, 2.24) is 9.88 Å². The van der Waals surface area contributed by atoms with Crippen LogP contribution in [-0.2, 0) is 0 Å². The molecule has 0 spiro atoms. The van der Waals surface area contributed by atoms with E-state index < -0.39 is 6.17 Å². The molecule has 0 radical (unpaired) electrons. The quantitative estimate of drug-likeness (QED) is 0.192. The Kier molecular flexibility index (Phi) is 7.14. The number of thiophene rings is 2. The molecule has 1 unspecified atom stereocenters. The fraction of sp³-hybridized carbons (Fsp3) is 0.0182. The molecule has 0 fully saturated rings. The van der Waals surface area contributed by atoms with Crippen molar-refractivity contribution in [3.05, 3.63) is 199 Å². The van der Waals surface area contributed by atoms with Gasteiger partial charge in [0.1, 0.15) is 23.2 Å². The van der Waals surface area contributed by atoms with Crippen molar-refractivity contribution in [3.8, 4) is 5.69 Å². The number of nitrogens with zero attached hydrogens (tertiary/aromatic N) is 3. The number of aromatic nitrogens is 1. The summed E-state index contributed by atoms with van der Waals surface area (Å²) in [7, 11) is 0. The van der Waals surface area contributed by atoms with Gasteiger partial charge >= 0.3 is 0 Å². The van der Waals surface area contributed by atoms with Crippen molar-refractivity contribution in [1.29, 1.82) is 0 Å². The van der Waals surface area contributed by atoms with E-state index in [1.807, 2.05) is 28.7 Å². The van der Waals surface area contributed by atoms with Crippen molar-refractivity contribution in [2.24, 2.45) is 9.98 Å². The fourth-order valence-corrected chi connectivity index (χ4v) is 11.9. The molecule has 9 aromatic carbocycles. The summed E-state index contributed by atoms with van der Waals surface area (Å²) in [4.78, 5) is 11.0. The zero-order chi connectivity index (χ0) is 40.5. The second-order valence-electron chi connectivity index (χ2n) is 16.2. The second kappa shape index (κ2) is 13.0. The first kappa shape index (κ1) is 34.2. The summed E-state index contributed by atoms with van der Waals surface area (Å²) in [6, 6.07) is 65.5. The molecule has 1 atom stereocenters. The molecule has 290 valence electrons. The van der Waals surface area contributed by atoms with Gasteiger partial charge in [0.05, 0.1) is 16.7 Å². The van der Waals surface area contributed by atoms with E-state index in [1.165, 1.54) is 61.9 Å². The number of benzene rings is 9. The maximum absolute atomic E-state index is 6.78. The van der Waals surface area contributed by atoms with Gasteiger partial charge in [-0.05, 0) is 89.1 Å². The van der Waals surface area contributed by atoms with Crippen LogP contribution in [0.15, 0.2) is 196 Å². The molecule has 1 aliphatic heterocycles. The molecule has 0 saturated heterocycles. The highest BCUT2D eigenvalue weighted by atomic mass is 32.1. The van der Waals surface area contributed by atoms with Crippen LogP contribution in [0, 0.1) is 0 Å². The Balaban J connectivity index is 1.03. The van der Waals surface area contributed by atoms with E-state index in [4.69, 9.17) is 14.4 Å². The molecule has 4 aromatic heterocycles. The minimum Gasteiger partial charge on any atom is -0.456 e. The van der Waals surface area contributed by atoms with E-state index in [0.29, 0.717) is 5.84 Å². The van der Waals surface area contributed by atoms with Gasteiger partial charge in [0.15, 0.2) is 5.84 Å². The lowest BCUT2D eigenvalue weighted by atomic mass is 10.0. The maximum atomic E-state index is 6.78.